The summed E-state index contributed by atoms with van der Waals surface area (Å²) in [5.41, 5.74) is 2.80. The first-order chi connectivity index (χ1) is 11.6. The Morgan fingerprint density at radius 2 is 1.41 bits per heavy atom. The van der Waals surface area contributed by atoms with Gasteiger partial charge in [0.25, 0.3) is 0 Å². The molecule has 0 aromatic heterocycles. The fourth-order valence-electron chi connectivity index (χ4n) is 6.69. The molecule has 3 saturated carbocycles. The average Bonchev–Trinajstić information content (AvgIpc) is 3.14. The van der Waals surface area contributed by atoms with Crippen LogP contribution in [0.2, 0.25) is 24.2 Å². The molecule has 0 nitrogen and oxygen atoms in total. The van der Waals surface area contributed by atoms with Gasteiger partial charge in [0.2, 0.25) is 0 Å². The molecule has 0 spiro atoms. The zero-order chi connectivity index (χ0) is 18.8. The van der Waals surface area contributed by atoms with E-state index in [4.69, 9.17) is 17.0 Å². The molecule has 160 valence electrons. The third-order valence-electron chi connectivity index (χ3n) is 8.22. The van der Waals surface area contributed by atoms with Crippen LogP contribution in [0.25, 0.3) is 0 Å². The van der Waals surface area contributed by atoms with Gasteiger partial charge in [0.15, 0.2) is 0 Å². The van der Waals surface area contributed by atoms with E-state index in [0.717, 1.165) is 34.8 Å². The SMILES string of the molecule is CC1CC2CC(C(C)(C)C)CC([Si](C)(C)C3CCCC3)C2C1.[CH3-].[CH3-].[Cl][Zr+2][Cl]. The molecular weight excluding hydrogens is 466 g/mol. The molecule has 3 aliphatic carbocycles. The minimum atomic E-state index is -1.11. The molecule has 3 rings (SSSR count). The fourth-order valence-corrected chi connectivity index (χ4v) is 11.6. The van der Waals surface area contributed by atoms with Crippen LogP contribution in [-0.4, -0.2) is 8.07 Å². The maximum absolute atomic E-state index is 4.93. The first kappa shape index (κ1) is 28.7. The van der Waals surface area contributed by atoms with Crippen molar-refractivity contribution in [1.29, 1.82) is 0 Å². The summed E-state index contributed by atoms with van der Waals surface area (Å²) >= 11 is -0.826. The molecule has 5 unspecified atom stereocenters. The van der Waals surface area contributed by atoms with E-state index in [0.29, 0.717) is 5.41 Å². The van der Waals surface area contributed by atoms with Gasteiger partial charge in [-0.2, -0.15) is 0 Å². The Labute approximate surface area is 192 Å². The third-order valence-corrected chi connectivity index (χ3v) is 13.5. The van der Waals surface area contributed by atoms with E-state index in [1.165, 1.54) is 12.8 Å². The van der Waals surface area contributed by atoms with Gasteiger partial charge in [-0.15, -0.1) is 0 Å². The summed E-state index contributed by atoms with van der Waals surface area (Å²) in [5, 5.41) is 0. The Balaban J connectivity index is 0.00000127. The Kier molecular flexibility index (Phi) is 12.6. The molecule has 4 heteroatoms. The Morgan fingerprint density at radius 1 is 0.889 bits per heavy atom. The Bertz CT molecular complexity index is 415. The standard InChI is InChI=1S/C21H40Si.2CH3.2ClH.Zr/c1-15-11-16-13-17(21(2,3)4)14-20(19(16)12-15)22(5,6)18-9-7-8-10-18;;;;;/h15-20H,7-14H2,1-6H3;2*1H3;2*1H;/q;2*-1;;;+4/p-2. The molecule has 0 aromatic carbocycles. The zero-order valence-corrected chi connectivity index (χ0v) is 24.3. The topological polar surface area (TPSA) is 0 Å². The fraction of sp³-hybridized carbons (Fsp3) is 0.913. The number of hydrogen-bond acceptors (Lipinski definition) is 0. The first-order valence-corrected chi connectivity index (χ1v) is 20.1. The minimum absolute atomic E-state index is 0. The molecule has 0 aliphatic heterocycles. The second-order valence-electron chi connectivity index (χ2n) is 11.0. The number of fused-ring (bicyclic) bond motifs is 1. The van der Waals surface area contributed by atoms with Crippen LogP contribution in [0.1, 0.15) is 79.1 Å². The normalized spacial score (nSPS) is 33.7. The van der Waals surface area contributed by atoms with Crippen LogP contribution in [0.5, 0.6) is 0 Å². The molecule has 0 saturated heterocycles. The monoisotopic (exact) mass is 510 g/mol. The summed E-state index contributed by atoms with van der Waals surface area (Å²) in [4.78, 5) is 0. The summed E-state index contributed by atoms with van der Waals surface area (Å²) in [6.07, 6.45) is 12.4. The molecule has 0 bridgehead atoms. The number of rotatable bonds is 2. The summed E-state index contributed by atoms with van der Waals surface area (Å²) in [7, 11) is 8.76. The van der Waals surface area contributed by atoms with Crippen LogP contribution < -0.4 is 0 Å². The van der Waals surface area contributed by atoms with Crippen molar-refractivity contribution >= 4 is 25.1 Å². The molecule has 0 N–H and O–H groups in total. The van der Waals surface area contributed by atoms with Gasteiger partial charge in [-0.05, 0) is 65.9 Å². The van der Waals surface area contributed by atoms with Gasteiger partial charge in [-0.3, -0.25) is 0 Å². The van der Waals surface area contributed by atoms with Gasteiger partial charge >= 0.3 is 37.9 Å². The van der Waals surface area contributed by atoms with Gasteiger partial charge < -0.3 is 14.9 Å². The molecule has 3 aliphatic rings. The van der Waals surface area contributed by atoms with E-state index in [2.05, 4.69) is 40.8 Å². The van der Waals surface area contributed by atoms with E-state index in [1.807, 2.05) is 0 Å². The van der Waals surface area contributed by atoms with E-state index < -0.39 is 28.9 Å². The van der Waals surface area contributed by atoms with E-state index >= 15 is 0 Å². The van der Waals surface area contributed by atoms with Crippen LogP contribution in [0, 0.1) is 43.9 Å². The predicted octanol–water partition coefficient (Wildman–Crippen LogP) is 9.40. The van der Waals surface area contributed by atoms with E-state index in [-0.39, 0.29) is 14.9 Å². The van der Waals surface area contributed by atoms with E-state index in [1.54, 1.807) is 38.5 Å². The Morgan fingerprint density at radius 3 is 1.89 bits per heavy atom. The third kappa shape index (κ3) is 7.11. The predicted molar refractivity (Wildman–Crippen MR) is 126 cm³/mol. The van der Waals surface area contributed by atoms with E-state index in [9.17, 15) is 0 Å². The van der Waals surface area contributed by atoms with Crippen molar-refractivity contribution in [1.82, 2.24) is 0 Å². The second-order valence-corrected chi connectivity index (χ2v) is 19.9. The molecule has 27 heavy (non-hydrogen) atoms. The quantitative estimate of drug-likeness (QED) is 0.255. The van der Waals surface area contributed by atoms with Crippen molar-refractivity contribution < 1.29 is 20.8 Å². The second kappa shape index (κ2) is 11.9. The van der Waals surface area contributed by atoms with Crippen molar-refractivity contribution in [3.8, 4) is 0 Å². The molecule has 0 aromatic rings. The van der Waals surface area contributed by atoms with Gasteiger partial charge in [-0.1, -0.05) is 66.5 Å². The maximum atomic E-state index is 4.93. The molecule has 3 fully saturated rings. The zero-order valence-electron chi connectivity index (χ0n) is 19.4. The van der Waals surface area contributed by atoms with Gasteiger partial charge in [0, 0.05) is 0 Å². The van der Waals surface area contributed by atoms with Crippen molar-refractivity contribution in [2.75, 3.05) is 0 Å². The summed E-state index contributed by atoms with van der Waals surface area (Å²) < 4.78 is 0. The Hall–Kier alpha value is 1.68. The van der Waals surface area contributed by atoms with Crippen molar-refractivity contribution in [3.05, 3.63) is 14.9 Å². The average molecular weight is 513 g/mol. The van der Waals surface area contributed by atoms with Crippen LogP contribution >= 0.6 is 17.0 Å². The van der Waals surface area contributed by atoms with Gasteiger partial charge in [0.05, 0.1) is 8.07 Å². The molecule has 0 amide bonds. The summed E-state index contributed by atoms with van der Waals surface area (Å²) in [6, 6.07) is 0. The van der Waals surface area contributed by atoms with Gasteiger partial charge in [-0.25, -0.2) is 0 Å². The number of hydrogen-bond donors (Lipinski definition) is 0. The molecule has 5 atom stereocenters. The van der Waals surface area contributed by atoms with Crippen molar-refractivity contribution in [3.63, 3.8) is 0 Å². The van der Waals surface area contributed by atoms with Crippen LogP contribution in [0.15, 0.2) is 0 Å². The number of halogens is 2. The van der Waals surface area contributed by atoms with Gasteiger partial charge in [0.1, 0.15) is 0 Å². The van der Waals surface area contributed by atoms with Crippen LogP contribution in [0.3, 0.4) is 0 Å². The first-order valence-electron chi connectivity index (χ1n) is 10.6. The molecule has 0 heterocycles. The molecular formula is C23H46Cl2SiZr. The van der Waals surface area contributed by atoms with Crippen molar-refractivity contribution in [2.45, 2.75) is 103 Å². The van der Waals surface area contributed by atoms with Crippen LogP contribution in [0.4, 0.5) is 0 Å². The summed E-state index contributed by atoms with van der Waals surface area (Å²) in [5.74, 6) is 4.17. The molecule has 0 radical (unpaired) electrons. The van der Waals surface area contributed by atoms with Crippen molar-refractivity contribution in [2.24, 2.45) is 29.1 Å². The van der Waals surface area contributed by atoms with Crippen LogP contribution in [-0.2, 0) is 20.8 Å². The summed E-state index contributed by atoms with van der Waals surface area (Å²) in [6.45, 7) is 15.6.